The van der Waals surface area contributed by atoms with Crippen LogP contribution in [0.1, 0.15) is 6.92 Å². The largest absolute Gasteiger partial charge is 0.388 e. The summed E-state index contributed by atoms with van der Waals surface area (Å²) in [7, 11) is 3.23. The molecule has 1 atom stereocenters. The minimum atomic E-state index is -1.38. The third-order valence-electron chi connectivity index (χ3n) is 1.69. The SMILES string of the molecule is CNc1ccccc1.COS(=O)CNC(C)=O. The predicted molar refractivity (Wildman–Crippen MR) is 69.8 cm³/mol. The Morgan fingerprint density at radius 2 is 1.94 bits per heavy atom. The van der Waals surface area contributed by atoms with Crippen LogP contribution in [0.2, 0.25) is 0 Å². The molecule has 1 unspecified atom stereocenters. The van der Waals surface area contributed by atoms with Crippen LogP contribution >= 0.6 is 0 Å². The number of rotatable bonds is 4. The maximum Gasteiger partial charge on any atom is 0.217 e. The summed E-state index contributed by atoms with van der Waals surface area (Å²) < 4.78 is 14.7. The van der Waals surface area contributed by atoms with Crippen molar-refractivity contribution in [1.29, 1.82) is 0 Å². The molecule has 1 aromatic carbocycles. The van der Waals surface area contributed by atoms with Gasteiger partial charge in [-0.1, -0.05) is 18.2 Å². The van der Waals surface area contributed by atoms with Gasteiger partial charge in [-0.3, -0.25) is 8.98 Å². The zero-order valence-electron chi connectivity index (χ0n) is 10.2. The van der Waals surface area contributed by atoms with Crippen molar-refractivity contribution in [1.82, 2.24) is 5.32 Å². The number of benzene rings is 1. The summed E-state index contributed by atoms with van der Waals surface area (Å²) >= 11 is -1.38. The highest BCUT2D eigenvalue weighted by Gasteiger charge is 1.95. The summed E-state index contributed by atoms with van der Waals surface area (Å²) in [4.78, 5) is 10.2. The fourth-order valence-electron chi connectivity index (χ4n) is 0.824. The van der Waals surface area contributed by atoms with Crippen LogP contribution in [0.3, 0.4) is 0 Å². The van der Waals surface area contributed by atoms with E-state index in [0.29, 0.717) is 0 Å². The van der Waals surface area contributed by atoms with Crippen molar-refractivity contribution in [3.05, 3.63) is 30.3 Å². The minimum Gasteiger partial charge on any atom is -0.388 e. The quantitative estimate of drug-likeness (QED) is 0.849. The first-order valence-electron chi connectivity index (χ1n) is 5.00. The van der Waals surface area contributed by atoms with E-state index in [2.05, 4.69) is 14.8 Å². The standard InChI is InChI=1S/C7H9N.C4H9NO3S/c1-8-7-5-3-2-4-6-7;1-4(6)5-3-9(7)8-2/h2-6,8H,1H3;3H2,1-2H3,(H,5,6). The molecule has 0 aliphatic carbocycles. The van der Waals surface area contributed by atoms with Gasteiger partial charge in [0, 0.05) is 19.7 Å². The van der Waals surface area contributed by atoms with E-state index in [4.69, 9.17) is 0 Å². The second-order valence-electron chi connectivity index (χ2n) is 2.96. The summed E-state index contributed by atoms with van der Waals surface area (Å²) in [6, 6.07) is 10.1. The first-order chi connectivity index (χ1) is 8.10. The number of nitrogens with one attached hydrogen (secondary N) is 2. The lowest BCUT2D eigenvalue weighted by atomic mass is 10.3. The smallest absolute Gasteiger partial charge is 0.217 e. The number of hydrogen-bond donors (Lipinski definition) is 2. The maximum absolute atomic E-state index is 10.4. The third-order valence-corrected chi connectivity index (χ3v) is 2.44. The van der Waals surface area contributed by atoms with E-state index >= 15 is 0 Å². The fraction of sp³-hybridized carbons (Fsp3) is 0.364. The summed E-state index contributed by atoms with van der Waals surface area (Å²) in [5.74, 6) is -0.147. The molecule has 0 aliphatic rings. The second kappa shape index (κ2) is 9.80. The highest BCUT2D eigenvalue weighted by atomic mass is 32.2. The normalized spacial score (nSPS) is 10.8. The first kappa shape index (κ1) is 15.6. The Labute approximate surface area is 104 Å². The molecule has 0 bridgehead atoms. The van der Waals surface area contributed by atoms with Crippen LogP contribution in [-0.2, 0) is 20.1 Å². The van der Waals surface area contributed by atoms with Gasteiger partial charge in [0.2, 0.25) is 5.91 Å². The number of para-hydroxylation sites is 1. The van der Waals surface area contributed by atoms with Crippen molar-refractivity contribution >= 4 is 22.7 Å². The molecule has 0 aliphatic heterocycles. The van der Waals surface area contributed by atoms with Crippen LogP contribution in [0, 0.1) is 0 Å². The van der Waals surface area contributed by atoms with Crippen LogP contribution in [-0.4, -0.2) is 30.2 Å². The van der Waals surface area contributed by atoms with E-state index in [0.717, 1.165) is 5.69 Å². The molecule has 0 spiro atoms. The average molecular weight is 258 g/mol. The van der Waals surface area contributed by atoms with E-state index in [9.17, 15) is 9.00 Å². The summed E-state index contributed by atoms with van der Waals surface area (Å²) in [5, 5.41) is 5.36. The fourth-order valence-corrected chi connectivity index (χ4v) is 1.26. The lowest BCUT2D eigenvalue weighted by Gasteiger charge is -1.97. The molecule has 0 saturated carbocycles. The van der Waals surface area contributed by atoms with Crippen LogP contribution in [0.4, 0.5) is 5.69 Å². The van der Waals surface area contributed by atoms with Crippen molar-refractivity contribution in [2.75, 3.05) is 25.4 Å². The molecule has 96 valence electrons. The number of anilines is 1. The first-order valence-corrected chi connectivity index (χ1v) is 6.24. The molecule has 0 aromatic heterocycles. The molecule has 0 fully saturated rings. The second-order valence-corrected chi connectivity index (χ2v) is 4.19. The van der Waals surface area contributed by atoms with Crippen molar-refractivity contribution in [2.24, 2.45) is 0 Å². The Bertz CT molecular complexity index is 344. The predicted octanol–water partition coefficient (Wildman–Crippen LogP) is 1.12. The van der Waals surface area contributed by atoms with Gasteiger partial charge in [-0.05, 0) is 12.1 Å². The van der Waals surface area contributed by atoms with Gasteiger partial charge in [0.25, 0.3) is 0 Å². The third kappa shape index (κ3) is 9.52. The molecule has 1 amide bonds. The van der Waals surface area contributed by atoms with E-state index in [1.807, 2.05) is 37.4 Å². The van der Waals surface area contributed by atoms with Crippen molar-refractivity contribution in [2.45, 2.75) is 6.92 Å². The van der Waals surface area contributed by atoms with Crippen LogP contribution < -0.4 is 10.6 Å². The topological polar surface area (TPSA) is 67.4 Å². The van der Waals surface area contributed by atoms with Crippen molar-refractivity contribution in [3.8, 4) is 0 Å². The Morgan fingerprint density at radius 1 is 1.35 bits per heavy atom. The monoisotopic (exact) mass is 258 g/mol. The Balaban J connectivity index is 0.000000302. The molecule has 2 N–H and O–H groups in total. The van der Waals surface area contributed by atoms with Gasteiger partial charge >= 0.3 is 0 Å². The van der Waals surface area contributed by atoms with E-state index in [-0.39, 0.29) is 11.8 Å². The van der Waals surface area contributed by atoms with E-state index in [1.54, 1.807) is 0 Å². The highest BCUT2D eigenvalue weighted by Crippen LogP contribution is 2.01. The molecule has 17 heavy (non-hydrogen) atoms. The van der Waals surface area contributed by atoms with Crippen LogP contribution in [0.15, 0.2) is 30.3 Å². The molecule has 0 saturated heterocycles. The lowest BCUT2D eigenvalue weighted by molar-refractivity contribution is -0.118. The minimum absolute atomic E-state index is 0.0613. The lowest BCUT2D eigenvalue weighted by Crippen LogP contribution is -2.24. The summed E-state index contributed by atoms with van der Waals surface area (Å²) in [6.45, 7) is 1.35. The van der Waals surface area contributed by atoms with Gasteiger partial charge in [-0.2, -0.15) is 0 Å². The van der Waals surface area contributed by atoms with Crippen LogP contribution in [0.5, 0.6) is 0 Å². The van der Waals surface area contributed by atoms with Crippen molar-refractivity contribution in [3.63, 3.8) is 0 Å². The number of carbonyl (C=O) groups is 1. The summed E-state index contributed by atoms with van der Waals surface area (Å²) in [5.41, 5.74) is 1.16. The highest BCUT2D eigenvalue weighted by molar-refractivity contribution is 7.80. The summed E-state index contributed by atoms with van der Waals surface area (Å²) in [6.07, 6.45) is 0. The maximum atomic E-state index is 10.4. The molecular weight excluding hydrogens is 240 g/mol. The van der Waals surface area contributed by atoms with Gasteiger partial charge in [-0.25, -0.2) is 4.21 Å². The Morgan fingerprint density at radius 3 is 2.29 bits per heavy atom. The Kier molecular flexibility index (Phi) is 8.99. The molecule has 5 nitrogen and oxygen atoms in total. The molecule has 0 radical (unpaired) electrons. The van der Waals surface area contributed by atoms with Gasteiger partial charge in [-0.15, -0.1) is 0 Å². The molecule has 6 heteroatoms. The van der Waals surface area contributed by atoms with Crippen molar-refractivity contribution < 1.29 is 13.2 Å². The zero-order valence-corrected chi connectivity index (χ0v) is 11.0. The number of amides is 1. The van der Waals surface area contributed by atoms with Crippen LogP contribution in [0.25, 0.3) is 0 Å². The molecule has 0 heterocycles. The van der Waals surface area contributed by atoms with E-state index < -0.39 is 11.1 Å². The van der Waals surface area contributed by atoms with Gasteiger partial charge in [0.05, 0.1) is 7.11 Å². The van der Waals surface area contributed by atoms with Gasteiger partial charge in [0.1, 0.15) is 5.88 Å². The van der Waals surface area contributed by atoms with E-state index in [1.165, 1.54) is 14.0 Å². The molecular formula is C11H18N2O3S. The zero-order chi connectivity index (χ0) is 13.1. The average Bonchev–Trinajstić information content (AvgIpc) is 2.37. The number of carbonyl (C=O) groups excluding carboxylic acids is 1. The number of hydrogen-bond acceptors (Lipinski definition) is 4. The molecule has 1 rings (SSSR count). The van der Waals surface area contributed by atoms with Gasteiger partial charge in [0.15, 0.2) is 11.1 Å². The Hall–Kier alpha value is -1.40. The molecule has 1 aromatic rings. The van der Waals surface area contributed by atoms with Gasteiger partial charge < -0.3 is 10.6 Å².